The second-order valence-corrected chi connectivity index (χ2v) is 7.41. The van der Waals surface area contributed by atoms with Crippen LogP contribution in [0, 0.1) is 0 Å². The van der Waals surface area contributed by atoms with E-state index in [0.29, 0.717) is 24.0 Å². The number of aromatic amines is 2. The Morgan fingerprint density at radius 2 is 2.09 bits per heavy atom. The number of pyridine rings is 1. The highest BCUT2D eigenvalue weighted by atomic mass is 19.1. The largest absolute Gasteiger partial charge is 0.483 e. The second-order valence-electron chi connectivity index (χ2n) is 7.41. The topological polar surface area (TPSA) is 144 Å². The van der Waals surface area contributed by atoms with Crippen LogP contribution in [0.5, 0.6) is 0 Å². The number of H-pyrrole nitrogens is 2. The van der Waals surface area contributed by atoms with Crippen molar-refractivity contribution in [3.8, 4) is 0 Å². The van der Waals surface area contributed by atoms with Crippen LogP contribution in [0.25, 0.3) is 11.0 Å². The van der Waals surface area contributed by atoms with Gasteiger partial charge in [0.2, 0.25) is 5.95 Å². The third-order valence-corrected chi connectivity index (χ3v) is 5.33. The van der Waals surface area contributed by atoms with Gasteiger partial charge in [0.05, 0.1) is 11.0 Å². The van der Waals surface area contributed by atoms with Crippen LogP contribution in [0.4, 0.5) is 22.0 Å². The molecule has 0 unspecified atom stereocenters. The normalized spacial score (nSPS) is 17.8. The van der Waals surface area contributed by atoms with E-state index in [1.165, 1.54) is 0 Å². The number of carbonyl (C=O) groups is 1. The first-order chi connectivity index (χ1) is 15.5. The van der Waals surface area contributed by atoms with Crippen LogP contribution >= 0.6 is 0 Å². The van der Waals surface area contributed by atoms with E-state index in [1.807, 2.05) is 30.5 Å². The number of fused-ring (bicyclic) bond motifs is 1. The lowest BCUT2D eigenvalue weighted by Crippen LogP contribution is -2.08. The maximum Gasteiger partial charge on any atom is 0.290 e. The highest BCUT2D eigenvalue weighted by Crippen LogP contribution is 2.43. The summed E-state index contributed by atoms with van der Waals surface area (Å²) in [6.45, 7) is 1.82. The quantitative estimate of drug-likeness (QED) is 0.288. The Balaban J connectivity index is 0.000000775. The molecular weight excluding hydrogens is 415 g/mol. The van der Waals surface area contributed by atoms with E-state index >= 15 is 0 Å². The van der Waals surface area contributed by atoms with Crippen molar-refractivity contribution < 1.29 is 14.3 Å². The Kier molecular flexibility index (Phi) is 5.97. The Hall–Kier alpha value is -4.02. The van der Waals surface area contributed by atoms with Gasteiger partial charge in [-0.1, -0.05) is 6.92 Å². The summed E-state index contributed by atoms with van der Waals surface area (Å²) in [5.41, 5.74) is 4.53. The van der Waals surface area contributed by atoms with Gasteiger partial charge in [-0.25, -0.2) is 9.37 Å². The summed E-state index contributed by atoms with van der Waals surface area (Å²) in [4.78, 5) is 25.2. The molecule has 166 valence electrons. The summed E-state index contributed by atoms with van der Waals surface area (Å²) in [6, 6.07) is 7.81. The smallest absolute Gasteiger partial charge is 0.290 e. The Morgan fingerprint density at radius 1 is 1.31 bits per heavy atom. The molecule has 4 heterocycles. The predicted octanol–water partition coefficient (Wildman–Crippen LogP) is 3.54. The fraction of sp³-hybridized carbons (Fsp3) is 0.286. The molecule has 4 aromatic rings. The number of anilines is 3. The Labute approximate surface area is 182 Å². The number of carboxylic acid groups (broad SMARTS) is 1. The van der Waals surface area contributed by atoms with E-state index in [-0.39, 0.29) is 18.3 Å². The minimum atomic E-state index is -0.775. The zero-order valence-corrected chi connectivity index (χ0v) is 17.5. The van der Waals surface area contributed by atoms with Crippen LogP contribution in [0.1, 0.15) is 42.1 Å². The van der Waals surface area contributed by atoms with E-state index in [4.69, 9.17) is 14.9 Å². The lowest BCUT2D eigenvalue weighted by Gasteiger charge is -2.16. The highest BCUT2D eigenvalue weighted by molar-refractivity contribution is 5.75. The monoisotopic (exact) mass is 438 g/mol. The molecule has 0 aliphatic heterocycles. The molecular formula is C21H23FN8O2. The van der Waals surface area contributed by atoms with Gasteiger partial charge in [-0.15, -0.1) is 0 Å². The molecule has 1 aliphatic carbocycles. The molecule has 32 heavy (non-hydrogen) atoms. The number of rotatable bonds is 6. The van der Waals surface area contributed by atoms with Crippen molar-refractivity contribution in [3.05, 3.63) is 53.6 Å². The van der Waals surface area contributed by atoms with E-state index in [0.717, 1.165) is 28.0 Å². The minimum absolute atomic E-state index is 0.0419. The molecule has 4 aromatic heterocycles. The van der Waals surface area contributed by atoms with Crippen LogP contribution < -0.4 is 10.6 Å². The molecule has 0 bridgehead atoms. The molecule has 0 saturated heterocycles. The highest BCUT2D eigenvalue weighted by Gasteiger charge is 2.40. The molecule has 11 heteroatoms. The first kappa shape index (κ1) is 21.2. The minimum Gasteiger partial charge on any atom is -0.483 e. The van der Waals surface area contributed by atoms with Crippen LogP contribution in [-0.2, 0) is 4.79 Å². The molecule has 5 rings (SSSR count). The molecule has 3 atom stereocenters. The van der Waals surface area contributed by atoms with Crippen LogP contribution in [0.2, 0.25) is 0 Å². The van der Waals surface area contributed by atoms with Crippen molar-refractivity contribution in [2.24, 2.45) is 0 Å². The molecule has 0 radical (unpaired) electrons. The average molecular weight is 438 g/mol. The Morgan fingerprint density at radius 3 is 2.81 bits per heavy atom. The van der Waals surface area contributed by atoms with Gasteiger partial charge in [0.1, 0.15) is 12.0 Å². The number of nitrogens with one attached hydrogen (secondary N) is 4. The van der Waals surface area contributed by atoms with Crippen LogP contribution in [0.3, 0.4) is 0 Å². The van der Waals surface area contributed by atoms with Crippen LogP contribution in [0.15, 0.2) is 36.7 Å². The van der Waals surface area contributed by atoms with Crippen molar-refractivity contribution in [3.63, 3.8) is 0 Å². The van der Waals surface area contributed by atoms with Crippen molar-refractivity contribution in [1.82, 2.24) is 30.1 Å². The number of hydrogen-bond acceptors (Lipinski definition) is 7. The van der Waals surface area contributed by atoms with Gasteiger partial charge >= 0.3 is 0 Å². The molecule has 10 nitrogen and oxygen atoms in total. The van der Waals surface area contributed by atoms with Crippen molar-refractivity contribution in [2.75, 3.05) is 17.7 Å². The van der Waals surface area contributed by atoms with Gasteiger partial charge in [0.25, 0.3) is 6.47 Å². The van der Waals surface area contributed by atoms with Gasteiger partial charge < -0.3 is 20.7 Å². The zero-order valence-electron chi connectivity index (χ0n) is 17.5. The van der Waals surface area contributed by atoms with E-state index < -0.39 is 6.17 Å². The molecule has 1 aliphatic rings. The summed E-state index contributed by atoms with van der Waals surface area (Å²) in [5, 5.41) is 20.3. The van der Waals surface area contributed by atoms with Gasteiger partial charge in [-0.05, 0) is 24.6 Å². The lowest BCUT2D eigenvalue weighted by atomic mass is 9.98. The maximum absolute atomic E-state index is 13.3. The molecule has 5 N–H and O–H groups in total. The summed E-state index contributed by atoms with van der Waals surface area (Å²) >= 11 is 0. The third kappa shape index (κ3) is 4.36. The maximum atomic E-state index is 13.3. The number of hydrogen-bond donors (Lipinski definition) is 5. The molecule has 0 amide bonds. The summed E-state index contributed by atoms with van der Waals surface area (Å²) in [6.07, 6.45) is 3.44. The number of alkyl halides is 1. The Bertz CT molecular complexity index is 1220. The lowest BCUT2D eigenvalue weighted by molar-refractivity contribution is -0.122. The first-order valence-corrected chi connectivity index (χ1v) is 10.1. The third-order valence-electron chi connectivity index (χ3n) is 5.33. The van der Waals surface area contributed by atoms with Gasteiger partial charge in [0.15, 0.2) is 5.82 Å². The summed E-state index contributed by atoms with van der Waals surface area (Å²) in [7, 11) is 1.77. The van der Waals surface area contributed by atoms with E-state index in [1.54, 1.807) is 13.2 Å². The zero-order chi connectivity index (χ0) is 22.7. The standard InChI is InChI=1S/C20H21FN8.CH2O2/c1-10(14-3-4-15-16(25-14)5-6-23-15)12-9-24-20(22-2)27-19(12)26-18-8-17(28-29-18)11-7-13(11)21;2-1-3/h3-6,8-11,13,23H,7H2,1-2H3,(H3,22,24,26,27,28,29);1H,(H,2,3)/t10-,11+,13+;/m0./s1. The van der Waals surface area contributed by atoms with Crippen molar-refractivity contribution >= 4 is 35.1 Å². The SMILES string of the molecule is CNc1ncc([C@H](C)c2ccc3[nH]ccc3n2)c(Nc2cc([C@@H]3C[C@H]3F)[nH]n2)n1.O=CO. The molecule has 0 spiro atoms. The first-order valence-electron chi connectivity index (χ1n) is 10.1. The van der Waals surface area contributed by atoms with E-state index in [2.05, 4.69) is 42.7 Å². The molecule has 0 aromatic carbocycles. The van der Waals surface area contributed by atoms with E-state index in [9.17, 15) is 4.39 Å². The molecule has 1 saturated carbocycles. The van der Waals surface area contributed by atoms with Crippen LogP contribution in [-0.4, -0.2) is 54.9 Å². The van der Waals surface area contributed by atoms with Gasteiger partial charge in [0, 0.05) is 54.3 Å². The van der Waals surface area contributed by atoms with Crippen molar-refractivity contribution in [2.45, 2.75) is 31.4 Å². The fourth-order valence-electron chi connectivity index (χ4n) is 3.48. The number of nitrogens with zero attached hydrogens (tertiary/aromatic N) is 4. The summed E-state index contributed by atoms with van der Waals surface area (Å²) in [5.74, 6) is 1.62. The molecule has 1 fully saturated rings. The van der Waals surface area contributed by atoms with Crippen molar-refractivity contribution in [1.29, 1.82) is 0 Å². The average Bonchev–Trinajstić information content (AvgIpc) is 3.18. The predicted molar refractivity (Wildman–Crippen MR) is 118 cm³/mol. The van der Waals surface area contributed by atoms with Gasteiger partial charge in [-0.3, -0.25) is 14.9 Å². The summed E-state index contributed by atoms with van der Waals surface area (Å²) < 4.78 is 13.3. The van der Waals surface area contributed by atoms with Gasteiger partial charge in [-0.2, -0.15) is 10.1 Å². The number of aromatic nitrogens is 6. The number of halogens is 1. The second kappa shape index (κ2) is 9.00. The fourth-order valence-corrected chi connectivity index (χ4v) is 3.48.